The minimum Gasteiger partial charge on any atom is -0.402 e. The molecule has 9 heavy (non-hydrogen) atoms. The van der Waals surface area contributed by atoms with Crippen LogP contribution in [-0.2, 0) is 4.74 Å². The van der Waals surface area contributed by atoms with Crippen LogP contribution in [0.15, 0.2) is 0 Å². The second-order valence-corrected chi connectivity index (χ2v) is 1.67. The summed E-state index contributed by atoms with van der Waals surface area (Å²) in [4.78, 5) is 0. The smallest absolute Gasteiger partial charge is 0.402 e. The standard InChI is InChI=1S/C4H8O.BH3O3/c1-2-4-5-3-1;2-1(3)4/h1-4H2;2-4H. The summed E-state index contributed by atoms with van der Waals surface area (Å²) in [7, 11) is -2.17. The van der Waals surface area contributed by atoms with Crippen LogP contribution in [0.1, 0.15) is 12.8 Å². The lowest BCUT2D eigenvalue weighted by atomic mass is 10.3. The van der Waals surface area contributed by atoms with E-state index in [1.165, 1.54) is 12.8 Å². The molecule has 0 aliphatic carbocycles. The van der Waals surface area contributed by atoms with Gasteiger partial charge in [0.05, 0.1) is 0 Å². The predicted octanol–water partition coefficient (Wildman–Crippen LogP) is -1.25. The van der Waals surface area contributed by atoms with Crippen LogP contribution in [0, 0.1) is 0 Å². The van der Waals surface area contributed by atoms with Crippen molar-refractivity contribution in [2.45, 2.75) is 12.8 Å². The molecule has 1 heterocycles. The minimum absolute atomic E-state index is 1.00. The number of hydrogen-bond donors (Lipinski definition) is 3. The molecule has 5 heteroatoms. The Balaban J connectivity index is 0.000000148. The van der Waals surface area contributed by atoms with Crippen LogP contribution >= 0.6 is 0 Å². The molecule has 0 aromatic carbocycles. The van der Waals surface area contributed by atoms with Crippen molar-refractivity contribution < 1.29 is 19.8 Å². The van der Waals surface area contributed by atoms with Crippen LogP contribution in [0.4, 0.5) is 0 Å². The van der Waals surface area contributed by atoms with Gasteiger partial charge in [-0.25, -0.2) is 0 Å². The highest BCUT2D eigenvalue weighted by molar-refractivity contribution is 6.30. The lowest BCUT2D eigenvalue weighted by Gasteiger charge is -1.76. The van der Waals surface area contributed by atoms with Crippen LogP contribution in [0.25, 0.3) is 0 Å². The number of hydrogen-bond acceptors (Lipinski definition) is 4. The van der Waals surface area contributed by atoms with E-state index in [4.69, 9.17) is 19.8 Å². The molecule has 4 nitrogen and oxygen atoms in total. The fourth-order valence-corrected chi connectivity index (χ4v) is 0.510. The molecule has 0 atom stereocenters. The van der Waals surface area contributed by atoms with Gasteiger partial charge in [-0.3, -0.25) is 0 Å². The summed E-state index contributed by atoms with van der Waals surface area (Å²) >= 11 is 0. The highest BCUT2D eigenvalue weighted by atomic mass is 16.5. The maximum atomic E-state index is 7.17. The normalized spacial score (nSPS) is 16.3. The van der Waals surface area contributed by atoms with Crippen molar-refractivity contribution in [2.24, 2.45) is 0 Å². The molecule has 0 radical (unpaired) electrons. The largest absolute Gasteiger partial charge is 0.631 e. The first kappa shape index (κ1) is 8.90. The fourth-order valence-electron chi connectivity index (χ4n) is 0.510. The van der Waals surface area contributed by atoms with Gasteiger partial charge in [-0.15, -0.1) is 0 Å². The summed E-state index contributed by atoms with van der Waals surface area (Å²) in [6.45, 7) is 2.00. The van der Waals surface area contributed by atoms with E-state index in [0.29, 0.717) is 0 Å². The first-order valence-electron chi connectivity index (χ1n) is 2.85. The summed E-state index contributed by atoms with van der Waals surface area (Å²) in [5.74, 6) is 0. The van der Waals surface area contributed by atoms with E-state index >= 15 is 0 Å². The van der Waals surface area contributed by atoms with Gasteiger partial charge in [0, 0.05) is 13.2 Å². The van der Waals surface area contributed by atoms with Gasteiger partial charge >= 0.3 is 7.32 Å². The molecule has 0 amide bonds. The Hall–Kier alpha value is -0.0951. The molecule has 1 rings (SSSR count). The zero-order valence-electron chi connectivity index (χ0n) is 5.16. The molecular formula is C4H11BO4. The van der Waals surface area contributed by atoms with E-state index in [0.717, 1.165) is 13.2 Å². The molecule has 0 bridgehead atoms. The molecule has 0 aromatic heterocycles. The Morgan fingerprint density at radius 2 is 1.33 bits per heavy atom. The Labute approximate surface area is 54.3 Å². The summed E-state index contributed by atoms with van der Waals surface area (Å²) in [6.07, 6.45) is 2.56. The van der Waals surface area contributed by atoms with Gasteiger partial charge in [0.1, 0.15) is 0 Å². The Morgan fingerprint density at radius 3 is 1.44 bits per heavy atom. The lowest BCUT2D eigenvalue weighted by Crippen LogP contribution is -2.07. The first-order valence-corrected chi connectivity index (χ1v) is 2.85. The molecule has 0 aromatic rings. The van der Waals surface area contributed by atoms with Crippen LogP contribution in [0.5, 0.6) is 0 Å². The number of rotatable bonds is 0. The third-order valence-electron chi connectivity index (χ3n) is 0.827. The third kappa shape index (κ3) is 11.5. The minimum atomic E-state index is -2.17. The Morgan fingerprint density at radius 1 is 1.00 bits per heavy atom. The monoisotopic (exact) mass is 134 g/mol. The molecule has 54 valence electrons. The van der Waals surface area contributed by atoms with E-state index in [-0.39, 0.29) is 0 Å². The van der Waals surface area contributed by atoms with Crippen molar-refractivity contribution in [3.63, 3.8) is 0 Å². The number of ether oxygens (including phenoxy) is 1. The molecular weight excluding hydrogens is 123 g/mol. The van der Waals surface area contributed by atoms with Crippen molar-refractivity contribution in [1.82, 2.24) is 0 Å². The van der Waals surface area contributed by atoms with E-state index in [2.05, 4.69) is 0 Å². The van der Waals surface area contributed by atoms with E-state index in [1.807, 2.05) is 0 Å². The van der Waals surface area contributed by atoms with Gasteiger partial charge in [0.15, 0.2) is 0 Å². The van der Waals surface area contributed by atoms with Crippen LogP contribution < -0.4 is 0 Å². The average Bonchev–Trinajstić information content (AvgIpc) is 2.11. The van der Waals surface area contributed by atoms with Crippen LogP contribution in [0.2, 0.25) is 0 Å². The van der Waals surface area contributed by atoms with Crippen molar-refractivity contribution >= 4 is 7.32 Å². The topological polar surface area (TPSA) is 69.9 Å². The molecule has 1 aliphatic heterocycles. The average molecular weight is 134 g/mol. The SMILES string of the molecule is C1CCOC1.OB(O)O. The molecule has 0 saturated carbocycles. The summed E-state index contributed by atoms with van der Waals surface area (Å²) in [5, 5.41) is 21.5. The molecule has 1 aliphatic rings. The van der Waals surface area contributed by atoms with Crippen molar-refractivity contribution in [2.75, 3.05) is 13.2 Å². The summed E-state index contributed by atoms with van der Waals surface area (Å²) in [6, 6.07) is 0. The van der Waals surface area contributed by atoms with E-state index in [1.54, 1.807) is 0 Å². The first-order chi connectivity index (χ1) is 4.23. The second kappa shape index (κ2) is 6.03. The van der Waals surface area contributed by atoms with Crippen molar-refractivity contribution in [1.29, 1.82) is 0 Å². The van der Waals surface area contributed by atoms with Crippen LogP contribution in [-0.4, -0.2) is 35.6 Å². The third-order valence-corrected chi connectivity index (χ3v) is 0.827. The van der Waals surface area contributed by atoms with Gasteiger partial charge in [0.25, 0.3) is 0 Å². The van der Waals surface area contributed by atoms with Crippen molar-refractivity contribution in [3.05, 3.63) is 0 Å². The molecule has 1 saturated heterocycles. The molecule has 0 unspecified atom stereocenters. The Kier molecular flexibility index (Phi) is 5.97. The van der Waals surface area contributed by atoms with Gasteiger partial charge < -0.3 is 19.8 Å². The van der Waals surface area contributed by atoms with Gasteiger partial charge in [-0.2, -0.15) is 0 Å². The molecule has 0 spiro atoms. The van der Waals surface area contributed by atoms with E-state index < -0.39 is 7.32 Å². The molecule has 1 fully saturated rings. The predicted molar refractivity (Wildman–Crippen MR) is 32.5 cm³/mol. The fraction of sp³-hybridized carbons (Fsp3) is 1.00. The molecule has 3 N–H and O–H groups in total. The zero-order chi connectivity index (χ0) is 7.11. The van der Waals surface area contributed by atoms with Crippen LogP contribution in [0.3, 0.4) is 0 Å². The van der Waals surface area contributed by atoms with Crippen molar-refractivity contribution in [3.8, 4) is 0 Å². The maximum Gasteiger partial charge on any atom is 0.631 e. The summed E-state index contributed by atoms with van der Waals surface area (Å²) in [5.41, 5.74) is 0. The quantitative estimate of drug-likeness (QED) is 0.362. The second-order valence-electron chi connectivity index (χ2n) is 1.67. The lowest BCUT2D eigenvalue weighted by molar-refractivity contribution is 0.198. The van der Waals surface area contributed by atoms with Gasteiger partial charge in [0.2, 0.25) is 0 Å². The maximum absolute atomic E-state index is 7.17. The highest BCUT2D eigenvalue weighted by Crippen LogP contribution is 1.98. The highest BCUT2D eigenvalue weighted by Gasteiger charge is 1.94. The van der Waals surface area contributed by atoms with Gasteiger partial charge in [-0.05, 0) is 12.8 Å². The zero-order valence-corrected chi connectivity index (χ0v) is 5.16. The van der Waals surface area contributed by atoms with E-state index in [9.17, 15) is 0 Å². The van der Waals surface area contributed by atoms with Gasteiger partial charge in [-0.1, -0.05) is 0 Å². The Bertz CT molecular complexity index is 44.2. The summed E-state index contributed by atoms with van der Waals surface area (Å²) < 4.78 is 4.94.